The summed E-state index contributed by atoms with van der Waals surface area (Å²) in [5.41, 5.74) is 8.99. The van der Waals surface area contributed by atoms with Gasteiger partial charge in [0.1, 0.15) is 0 Å². The molecular weight excluding hydrogens is 214 g/mol. The lowest BCUT2D eigenvalue weighted by atomic mass is 10.1. The molecule has 3 N–H and O–H groups in total. The van der Waals surface area contributed by atoms with E-state index in [1.54, 1.807) is 0 Å². The van der Waals surface area contributed by atoms with Gasteiger partial charge in [-0.3, -0.25) is 0 Å². The quantitative estimate of drug-likeness (QED) is 0.782. The molecule has 0 aliphatic rings. The Bertz CT molecular complexity index is 575. The summed E-state index contributed by atoms with van der Waals surface area (Å²) in [7, 11) is 0. The van der Waals surface area contributed by atoms with Gasteiger partial charge in [0, 0.05) is 17.1 Å². The van der Waals surface area contributed by atoms with Crippen LogP contribution in [0.5, 0.6) is 0 Å². The summed E-state index contributed by atoms with van der Waals surface area (Å²) in [4.78, 5) is 17.8. The monoisotopic (exact) mass is 229 g/mol. The van der Waals surface area contributed by atoms with Crippen LogP contribution in [0.3, 0.4) is 0 Å². The van der Waals surface area contributed by atoms with E-state index in [0.29, 0.717) is 0 Å². The maximum absolute atomic E-state index is 11.2. The van der Waals surface area contributed by atoms with Gasteiger partial charge in [0.2, 0.25) is 0 Å². The van der Waals surface area contributed by atoms with Crippen molar-refractivity contribution in [2.75, 3.05) is 5.73 Å². The molecule has 0 radical (unpaired) electrons. The summed E-state index contributed by atoms with van der Waals surface area (Å²) in [6.45, 7) is 1.85. The Labute approximate surface area is 99.5 Å². The molecular formula is C13H15N3O. The molecule has 4 heteroatoms. The second-order valence-corrected chi connectivity index (χ2v) is 4.11. The van der Waals surface area contributed by atoms with Crippen LogP contribution in [-0.4, -0.2) is 9.97 Å². The first-order valence-corrected chi connectivity index (χ1v) is 5.55. The van der Waals surface area contributed by atoms with E-state index < -0.39 is 0 Å². The number of rotatable bonds is 3. The van der Waals surface area contributed by atoms with Crippen molar-refractivity contribution in [3.8, 4) is 0 Å². The molecule has 2 aromatic rings. The number of anilines is 1. The fourth-order valence-electron chi connectivity index (χ4n) is 1.79. The molecule has 1 aromatic heterocycles. The van der Waals surface area contributed by atoms with Gasteiger partial charge < -0.3 is 10.7 Å². The maximum Gasteiger partial charge on any atom is 0.345 e. The Morgan fingerprint density at radius 3 is 2.82 bits per heavy atom. The van der Waals surface area contributed by atoms with Crippen LogP contribution < -0.4 is 11.4 Å². The summed E-state index contributed by atoms with van der Waals surface area (Å²) >= 11 is 0. The summed E-state index contributed by atoms with van der Waals surface area (Å²) in [5, 5.41) is 0. The van der Waals surface area contributed by atoms with Crippen molar-refractivity contribution in [3.63, 3.8) is 0 Å². The second kappa shape index (κ2) is 4.82. The van der Waals surface area contributed by atoms with Crippen LogP contribution in [0.1, 0.15) is 17.0 Å². The van der Waals surface area contributed by atoms with Crippen molar-refractivity contribution in [1.29, 1.82) is 0 Å². The van der Waals surface area contributed by atoms with Crippen LogP contribution >= 0.6 is 0 Å². The molecule has 0 aliphatic carbocycles. The van der Waals surface area contributed by atoms with Crippen LogP contribution in [0.25, 0.3) is 0 Å². The first kappa shape index (κ1) is 11.4. The number of aromatic amines is 1. The third-order valence-corrected chi connectivity index (χ3v) is 2.55. The number of hydrogen-bond acceptors (Lipinski definition) is 3. The van der Waals surface area contributed by atoms with Gasteiger partial charge in [0.25, 0.3) is 0 Å². The van der Waals surface area contributed by atoms with Crippen LogP contribution in [0, 0.1) is 6.92 Å². The van der Waals surface area contributed by atoms with E-state index in [1.807, 2.05) is 37.3 Å². The Balaban J connectivity index is 2.09. The van der Waals surface area contributed by atoms with E-state index in [9.17, 15) is 4.79 Å². The average Bonchev–Trinajstić information content (AvgIpc) is 2.25. The highest BCUT2D eigenvalue weighted by atomic mass is 16.1. The first-order valence-electron chi connectivity index (χ1n) is 5.55. The van der Waals surface area contributed by atoms with Crippen LogP contribution in [0.4, 0.5) is 5.69 Å². The highest BCUT2D eigenvalue weighted by molar-refractivity contribution is 5.40. The van der Waals surface area contributed by atoms with Gasteiger partial charge in [-0.15, -0.1) is 0 Å². The molecule has 0 aliphatic heterocycles. The van der Waals surface area contributed by atoms with Gasteiger partial charge >= 0.3 is 5.69 Å². The van der Waals surface area contributed by atoms with E-state index in [1.165, 1.54) is 0 Å². The third kappa shape index (κ3) is 3.17. The van der Waals surface area contributed by atoms with Gasteiger partial charge in [0.05, 0.1) is 0 Å². The van der Waals surface area contributed by atoms with E-state index in [0.717, 1.165) is 35.5 Å². The van der Waals surface area contributed by atoms with Crippen molar-refractivity contribution in [3.05, 3.63) is 57.8 Å². The van der Waals surface area contributed by atoms with Gasteiger partial charge in [-0.1, -0.05) is 12.1 Å². The van der Waals surface area contributed by atoms with Crippen LogP contribution in [0.2, 0.25) is 0 Å². The first-order chi connectivity index (χ1) is 8.13. The standard InChI is InChI=1S/C13H15N3O/c1-9-7-12(16-13(17)15-9)6-5-10-3-2-4-11(14)8-10/h2-4,7-8H,5-6,14H2,1H3,(H,15,16,17). The minimum Gasteiger partial charge on any atom is -0.399 e. The highest BCUT2D eigenvalue weighted by Crippen LogP contribution is 2.09. The molecule has 0 spiro atoms. The van der Waals surface area contributed by atoms with Crippen LogP contribution in [0.15, 0.2) is 35.1 Å². The van der Waals surface area contributed by atoms with E-state index in [2.05, 4.69) is 9.97 Å². The van der Waals surface area contributed by atoms with Crippen molar-refractivity contribution in [2.24, 2.45) is 0 Å². The van der Waals surface area contributed by atoms with Gasteiger partial charge in [0.15, 0.2) is 0 Å². The number of aryl methyl sites for hydroxylation is 3. The Morgan fingerprint density at radius 1 is 1.29 bits per heavy atom. The Kier molecular flexibility index (Phi) is 3.23. The molecule has 88 valence electrons. The molecule has 0 saturated carbocycles. The lowest BCUT2D eigenvalue weighted by molar-refractivity contribution is 0.871. The maximum atomic E-state index is 11.2. The number of nitrogens with two attached hydrogens (primary N) is 1. The fraction of sp³-hybridized carbons (Fsp3) is 0.231. The number of H-pyrrole nitrogens is 1. The third-order valence-electron chi connectivity index (χ3n) is 2.55. The topological polar surface area (TPSA) is 71.8 Å². The molecule has 0 bridgehead atoms. The molecule has 0 amide bonds. The van der Waals surface area contributed by atoms with Gasteiger partial charge in [-0.2, -0.15) is 4.98 Å². The van der Waals surface area contributed by atoms with Crippen molar-refractivity contribution in [1.82, 2.24) is 9.97 Å². The lowest BCUT2D eigenvalue weighted by Gasteiger charge is -2.03. The smallest absolute Gasteiger partial charge is 0.345 e. The number of nitrogens with zero attached hydrogens (tertiary/aromatic N) is 1. The van der Waals surface area contributed by atoms with Gasteiger partial charge in [-0.05, 0) is 43.5 Å². The number of aromatic nitrogens is 2. The van der Waals surface area contributed by atoms with Gasteiger partial charge in [-0.25, -0.2) is 4.79 Å². The fourth-order valence-corrected chi connectivity index (χ4v) is 1.79. The highest BCUT2D eigenvalue weighted by Gasteiger charge is 2.00. The largest absolute Gasteiger partial charge is 0.399 e. The zero-order chi connectivity index (χ0) is 12.3. The zero-order valence-electron chi connectivity index (χ0n) is 9.73. The molecule has 0 saturated heterocycles. The molecule has 4 nitrogen and oxygen atoms in total. The van der Waals surface area contributed by atoms with Crippen molar-refractivity contribution < 1.29 is 0 Å². The van der Waals surface area contributed by atoms with E-state index in [-0.39, 0.29) is 5.69 Å². The Morgan fingerprint density at radius 2 is 2.12 bits per heavy atom. The van der Waals surface area contributed by atoms with E-state index in [4.69, 9.17) is 5.73 Å². The predicted molar refractivity (Wildman–Crippen MR) is 67.9 cm³/mol. The molecule has 1 aromatic carbocycles. The predicted octanol–water partition coefficient (Wildman–Crippen LogP) is 1.45. The van der Waals surface area contributed by atoms with Crippen molar-refractivity contribution >= 4 is 5.69 Å². The zero-order valence-corrected chi connectivity index (χ0v) is 9.73. The van der Waals surface area contributed by atoms with E-state index >= 15 is 0 Å². The minimum absolute atomic E-state index is 0.285. The normalized spacial score (nSPS) is 10.4. The summed E-state index contributed by atoms with van der Waals surface area (Å²) < 4.78 is 0. The second-order valence-electron chi connectivity index (χ2n) is 4.11. The molecule has 0 fully saturated rings. The number of benzene rings is 1. The number of hydrogen-bond donors (Lipinski definition) is 2. The molecule has 0 atom stereocenters. The minimum atomic E-state index is -0.285. The van der Waals surface area contributed by atoms with Crippen molar-refractivity contribution in [2.45, 2.75) is 19.8 Å². The summed E-state index contributed by atoms with van der Waals surface area (Å²) in [5.74, 6) is 0. The summed E-state index contributed by atoms with van der Waals surface area (Å²) in [6, 6.07) is 9.66. The molecule has 0 unspecified atom stereocenters. The number of nitrogen functional groups attached to an aromatic ring is 1. The average molecular weight is 229 g/mol. The Hall–Kier alpha value is -2.10. The SMILES string of the molecule is Cc1cc(CCc2cccc(N)c2)nc(=O)[nH]1. The molecule has 1 heterocycles. The summed E-state index contributed by atoms with van der Waals surface area (Å²) in [6.07, 6.45) is 1.58. The van der Waals surface area contributed by atoms with Crippen LogP contribution in [-0.2, 0) is 12.8 Å². The lowest BCUT2D eigenvalue weighted by Crippen LogP contribution is -2.14. The number of nitrogens with one attached hydrogen (secondary N) is 1. The molecule has 2 rings (SSSR count). The molecule has 17 heavy (non-hydrogen) atoms.